The Morgan fingerprint density at radius 1 is 1.14 bits per heavy atom. The molecule has 0 aliphatic rings. The summed E-state index contributed by atoms with van der Waals surface area (Å²) in [4.78, 5) is 23.3. The van der Waals surface area contributed by atoms with E-state index in [9.17, 15) is 9.59 Å². The zero-order valence-corrected chi connectivity index (χ0v) is 12.7. The summed E-state index contributed by atoms with van der Waals surface area (Å²) in [6, 6.07) is 13.4. The Morgan fingerprint density at radius 3 is 2.64 bits per heavy atom. The Balaban J connectivity index is 1.93. The molecular weight excluding hydrogens is 304 g/mol. The second-order valence-corrected chi connectivity index (χ2v) is 4.95. The van der Waals surface area contributed by atoms with Crippen LogP contribution in [0.25, 0.3) is 0 Å². The molecule has 0 aliphatic carbocycles. The number of anilines is 1. The van der Waals surface area contributed by atoms with Crippen molar-refractivity contribution < 1.29 is 14.3 Å². The molecule has 0 saturated heterocycles. The predicted molar refractivity (Wildman–Crippen MR) is 85.1 cm³/mol. The molecule has 0 heterocycles. The maximum Gasteiger partial charge on any atom is 0.337 e. The molecule has 2 N–H and O–H groups in total. The van der Waals surface area contributed by atoms with Crippen LogP contribution in [0.2, 0.25) is 5.02 Å². The molecule has 2 aromatic carbocycles. The number of halogens is 1. The van der Waals surface area contributed by atoms with Gasteiger partial charge < -0.3 is 15.4 Å². The number of nitrogens with one attached hydrogen (secondary N) is 2. The molecule has 0 aliphatic heterocycles. The molecule has 0 saturated carbocycles. The van der Waals surface area contributed by atoms with Gasteiger partial charge >= 0.3 is 12.0 Å². The molecule has 0 bridgehead atoms. The fourth-order valence-corrected chi connectivity index (χ4v) is 2.06. The number of carbonyl (C=O) groups excluding carboxylic acids is 2. The molecule has 2 aromatic rings. The molecule has 5 nitrogen and oxygen atoms in total. The number of amides is 2. The monoisotopic (exact) mass is 318 g/mol. The second-order valence-electron chi connectivity index (χ2n) is 4.51. The highest BCUT2D eigenvalue weighted by Gasteiger charge is 2.07. The van der Waals surface area contributed by atoms with Gasteiger partial charge in [-0.3, -0.25) is 0 Å². The van der Waals surface area contributed by atoms with Crippen LogP contribution in [0, 0.1) is 0 Å². The minimum Gasteiger partial charge on any atom is -0.465 e. The van der Waals surface area contributed by atoms with Gasteiger partial charge in [0.05, 0.1) is 12.7 Å². The molecule has 6 heteroatoms. The Morgan fingerprint density at radius 2 is 1.91 bits per heavy atom. The van der Waals surface area contributed by atoms with Crippen LogP contribution in [0.15, 0.2) is 48.5 Å². The average molecular weight is 319 g/mol. The zero-order valence-electron chi connectivity index (χ0n) is 11.9. The fraction of sp³-hybridized carbons (Fsp3) is 0.125. The smallest absolute Gasteiger partial charge is 0.337 e. The molecule has 2 amide bonds. The lowest BCUT2D eigenvalue weighted by atomic mass is 10.2. The molecule has 0 fully saturated rings. The number of methoxy groups -OCH3 is 1. The maximum absolute atomic E-state index is 11.9. The lowest BCUT2D eigenvalue weighted by Gasteiger charge is -2.09. The lowest BCUT2D eigenvalue weighted by molar-refractivity contribution is 0.0600. The van der Waals surface area contributed by atoms with Gasteiger partial charge in [-0.2, -0.15) is 0 Å². The van der Waals surface area contributed by atoms with E-state index in [0.29, 0.717) is 22.8 Å². The number of benzene rings is 2. The SMILES string of the molecule is COC(=O)c1cccc(NC(=O)NCc2cccc(Cl)c2)c1. The minimum atomic E-state index is -0.456. The number of carbonyl (C=O) groups is 2. The van der Waals surface area contributed by atoms with Crippen molar-refractivity contribution in [2.24, 2.45) is 0 Å². The molecule has 114 valence electrons. The number of rotatable bonds is 4. The van der Waals surface area contributed by atoms with Crippen molar-refractivity contribution >= 4 is 29.3 Å². The first-order valence-corrected chi connectivity index (χ1v) is 6.94. The molecule has 0 unspecified atom stereocenters. The highest BCUT2D eigenvalue weighted by Crippen LogP contribution is 2.12. The van der Waals surface area contributed by atoms with Gasteiger partial charge in [0.2, 0.25) is 0 Å². The summed E-state index contributed by atoms with van der Waals surface area (Å²) >= 11 is 5.88. The summed E-state index contributed by atoms with van der Waals surface area (Å²) in [6.45, 7) is 0.350. The quantitative estimate of drug-likeness (QED) is 0.848. The summed E-state index contributed by atoms with van der Waals surface area (Å²) < 4.78 is 4.63. The van der Waals surface area contributed by atoms with E-state index >= 15 is 0 Å². The number of hydrogen-bond acceptors (Lipinski definition) is 3. The third kappa shape index (κ3) is 4.49. The largest absolute Gasteiger partial charge is 0.465 e. The first kappa shape index (κ1) is 15.9. The molecule has 2 rings (SSSR count). The topological polar surface area (TPSA) is 67.4 Å². The van der Waals surface area contributed by atoms with Crippen LogP contribution in [0.1, 0.15) is 15.9 Å². The second kappa shape index (κ2) is 7.47. The first-order chi connectivity index (χ1) is 10.6. The lowest BCUT2D eigenvalue weighted by Crippen LogP contribution is -2.28. The van der Waals surface area contributed by atoms with Crippen LogP contribution in [-0.4, -0.2) is 19.1 Å². The predicted octanol–water partition coefficient (Wildman–Crippen LogP) is 3.45. The summed E-state index contributed by atoms with van der Waals surface area (Å²) in [5.41, 5.74) is 1.77. The van der Waals surface area contributed by atoms with Gasteiger partial charge in [0.1, 0.15) is 0 Å². The van der Waals surface area contributed by atoms with E-state index in [4.69, 9.17) is 11.6 Å². The van der Waals surface area contributed by atoms with Gasteiger partial charge in [0, 0.05) is 17.3 Å². The van der Waals surface area contributed by atoms with Crippen molar-refractivity contribution in [1.29, 1.82) is 0 Å². The summed E-state index contributed by atoms with van der Waals surface area (Å²) in [5.74, 6) is -0.456. The van der Waals surface area contributed by atoms with Crippen molar-refractivity contribution in [2.75, 3.05) is 12.4 Å². The Bertz CT molecular complexity index is 689. The minimum absolute atomic E-state index is 0.350. The highest BCUT2D eigenvalue weighted by atomic mass is 35.5. The summed E-state index contributed by atoms with van der Waals surface area (Å²) in [5, 5.41) is 5.98. The van der Waals surface area contributed by atoms with E-state index in [1.165, 1.54) is 7.11 Å². The first-order valence-electron chi connectivity index (χ1n) is 6.56. The third-order valence-electron chi connectivity index (χ3n) is 2.88. The fourth-order valence-electron chi connectivity index (χ4n) is 1.85. The van der Waals surface area contributed by atoms with E-state index in [1.807, 2.05) is 12.1 Å². The average Bonchev–Trinajstić information content (AvgIpc) is 2.52. The standard InChI is InChI=1S/C16H15ClN2O3/c1-22-15(20)12-5-3-7-14(9-12)19-16(21)18-10-11-4-2-6-13(17)8-11/h2-9H,10H2,1H3,(H2,18,19,21). The van der Waals surface area contributed by atoms with Crippen LogP contribution < -0.4 is 10.6 Å². The van der Waals surface area contributed by atoms with E-state index < -0.39 is 5.97 Å². The van der Waals surface area contributed by atoms with E-state index in [2.05, 4.69) is 15.4 Å². The molecule has 0 atom stereocenters. The maximum atomic E-state index is 11.9. The highest BCUT2D eigenvalue weighted by molar-refractivity contribution is 6.30. The molecule has 22 heavy (non-hydrogen) atoms. The van der Waals surface area contributed by atoms with Crippen LogP contribution in [0.5, 0.6) is 0 Å². The van der Waals surface area contributed by atoms with Gasteiger partial charge in [0.25, 0.3) is 0 Å². The summed E-state index contributed by atoms with van der Waals surface area (Å²) in [7, 11) is 1.31. The van der Waals surface area contributed by atoms with Crippen molar-refractivity contribution in [2.45, 2.75) is 6.54 Å². The van der Waals surface area contributed by atoms with Crippen molar-refractivity contribution in [1.82, 2.24) is 5.32 Å². The van der Waals surface area contributed by atoms with Gasteiger partial charge in [-0.15, -0.1) is 0 Å². The number of esters is 1. The summed E-state index contributed by atoms with van der Waals surface area (Å²) in [6.07, 6.45) is 0. The van der Waals surface area contributed by atoms with Crippen molar-refractivity contribution in [3.63, 3.8) is 0 Å². The normalized spacial score (nSPS) is 9.91. The van der Waals surface area contributed by atoms with Gasteiger partial charge in [-0.1, -0.05) is 29.8 Å². The van der Waals surface area contributed by atoms with E-state index in [1.54, 1.807) is 36.4 Å². The number of ether oxygens (including phenoxy) is 1. The van der Waals surface area contributed by atoms with Crippen molar-refractivity contribution in [3.05, 3.63) is 64.7 Å². The molecule has 0 radical (unpaired) electrons. The van der Waals surface area contributed by atoms with Crippen molar-refractivity contribution in [3.8, 4) is 0 Å². The van der Waals surface area contributed by atoms with Gasteiger partial charge in [-0.25, -0.2) is 9.59 Å². The Kier molecular flexibility index (Phi) is 5.38. The van der Waals surface area contributed by atoms with Crippen LogP contribution >= 0.6 is 11.6 Å². The molecule has 0 aromatic heterocycles. The Labute approximate surface area is 133 Å². The molecule has 0 spiro atoms. The molecular formula is C16H15ClN2O3. The van der Waals surface area contributed by atoms with E-state index in [0.717, 1.165) is 5.56 Å². The third-order valence-corrected chi connectivity index (χ3v) is 3.12. The van der Waals surface area contributed by atoms with Crippen LogP contribution in [-0.2, 0) is 11.3 Å². The zero-order chi connectivity index (χ0) is 15.9. The Hall–Kier alpha value is -2.53. The van der Waals surface area contributed by atoms with Gasteiger partial charge in [-0.05, 0) is 35.9 Å². The van der Waals surface area contributed by atoms with Crippen LogP contribution in [0.4, 0.5) is 10.5 Å². The number of urea groups is 1. The van der Waals surface area contributed by atoms with Gasteiger partial charge in [0.15, 0.2) is 0 Å². The number of hydrogen-bond donors (Lipinski definition) is 2. The van der Waals surface area contributed by atoms with E-state index in [-0.39, 0.29) is 6.03 Å². The van der Waals surface area contributed by atoms with Crippen LogP contribution in [0.3, 0.4) is 0 Å².